The molecule has 13 rings (SSSR count). The highest BCUT2D eigenvalue weighted by atomic mass is 28.3. The summed E-state index contributed by atoms with van der Waals surface area (Å²) in [6.07, 6.45) is 2.38. The average Bonchev–Trinajstić information content (AvgIpc) is 3.93. The first-order valence-electron chi connectivity index (χ1n) is 22.9. The van der Waals surface area contributed by atoms with Crippen molar-refractivity contribution >= 4 is 61.3 Å². The maximum absolute atomic E-state index is 2.68. The van der Waals surface area contributed by atoms with Crippen molar-refractivity contribution in [3.63, 3.8) is 0 Å². The lowest BCUT2D eigenvalue weighted by Gasteiger charge is -2.31. The molecule has 0 spiro atoms. The first-order valence-corrected chi connectivity index (χ1v) is 24.9. The molecule has 0 bridgehead atoms. The van der Waals surface area contributed by atoms with Crippen LogP contribution >= 0.6 is 0 Å². The van der Waals surface area contributed by atoms with E-state index in [0.29, 0.717) is 0 Å². The summed E-state index contributed by atoms with van der Waals surface area (Å²) < 4.78 is 2.44. The lowest BCUT2D eigenvalue weighted by atomic mass is 9.94. The Morgan fingerprint density at radius 1 is 0.273 bits per heavy atom. The Morgan fingerprint density at radius 2 is 0.742 bits per heavy atom. The number of benzene rings is 11. The summed E-state index contributed by atoms with van der Waals surface area (Å²) in [5, 5.41) is 12.0. The summed E-state index contributed by atoms with van der Waals surface area (Å²) in [6.45, 7) is 0. The monoisotopic (exact) mass is 853 g/mol. The Hall–Kier alpha value is -8.30. The molecule has 66 heavy (non-hydrogen) atoms. The van der Waals surface area contributed by atoms with Gasteiger partial charge in [0.2, 0.25) is 0 Å². The van der Waals surface area contributed by atoms with Gasteiger partial charge in [-0.3, -0.25) is 0 Å². The van der Waals surface area contributed by atoms with Crippen molar-refractivity contribution in [2.75, 3.05) is 0 Å². The summed E-state index contributed by atoms with van der Waals surface area (Å²) in [7, 11) is -2.68. The van der Waals surface area contributed by atoms with Crippen LogP contribution in [0.15, 0.2) is 261 Å². The molecule has 1 aromatic heterocycles. The molecule has 2 heteroatoms. The van der Waals surface area contributed by atoms with E-state index < -0.39 is 8.07 Å². The second-order valence-corrected chi connectivity index (χ2v) is 21.3. The number of aromatic nitrogens is 1. The van der Waals surface area contributed by atoms with Crippen molar-refractivity contribution in [2.24, 2.45) is 0 Å². The summed E-state index contributed by atoms with van der Waals surface area (Å²) in [6, 6.07) is 94.8. The minimum absolute atomic E-state index is 1.17. The van der Waals surface area contributed by atoms with Crippen LogP contribution < -0.4 is 20.7 Å². The van der Waals surface area contributed by atoms with E-state index in [1.807, 2.05) is 0 Å². The smallest absolute Gasteiger partial charge is 0.180 e. The topological polar surface area (TPSA) is 4.93 Å². The normalized spacial score (nSPS) is 12.7. The third-order valence-corrected chi connectivity index (χ3v) is 19.0. The minimum Gasteiger partial charge on any atom is -0.316 e. The minimum atomic E-state index is -2.68. The van der Waals surface area contributed by atoms with E-state index in [1.54, 1.807) is 0 Å². The summed E-state index contributed by atoms with van der Waals surface area (Å²) in [5.41, 5.74) is 14.8. The molecule has 0 unspecified atom stereocenters. The molecule has 1 aliphatic rings. The van der Waals surface area contributed by atoms with Gasteiger partial charge in [-0.25, -0.2) is 0 Å². The molecule has 0 saturated heterocycles. The van der Waals surface area contributed by atoms with Gasteiger partial charge in [0.25, 0.3) is 0 Å². The third kappa shape index (κ3) is 6.00. The molecule has 0 amide bonds. The van der Waals surface area contributed by atoms with Gasteiger partial charge in [0.05, 0.1) is 5.52 Å². The van der Waals surface area contributed by atoms with Gasteiger partial charge in [-0.1, -0.05) is 231 Å². The van der Waals surface area contributed by atoms with E-state index in [4.69, 9.17) is 0 Å². The van der Waals surface area contributed by atoms with Crippen LogP contribution in [0.25, 0.3) is 93.8 Å². The van der Waals surface area contributed by atoms with E-state index in [2.05, 4.69) is 266 Å². The molecule has 2 heterocycles. The number of hydrogen-bond acceptors (Lipinski definition) is 0. The van der Waals surface area contributed by atoms with Crippen LogP contribution in [-0.4, -0.2) is 12.6 Å². The van der Waals surface area contributed by atoms with Crippen LogP contribution in [0.5, 0.6) is 0 Å². The highest BCUT2D eigenvalue weighted by molar-refractivity contribution is 7.22. The first kappa shape index (κ1) is 38.2. The Morgan fingerprint density at radius 3 is 1.36 bits per heavy atom. The number of rotatable bonds is 7. The second-order valence-electron chi connectivity index (χ2n) is 17.6. The van der Waals surface area contributed by atoms with E-state index in [-0.39, 0.29) is 0 Å². The number of hydrogen-bond donors (Lipinski definition) is 0. The Balaban J connectivity index is 0.985. The molecule has 0 fully saturated rings. The van der Waals surface area contributed by atoms with Crippen molar-refractivity contribution in [3.05, 3.63) is 261 Å². The number of nitrogens with zero attached hydrogens (tertiary/aromatic N) is 1. The average molecular weight is 854 g/mol. The quantitative estimate of drug-likeness (QED) is 0.141. The van der Waals surface area contributed by atoms with E-state index >= 15 is 0 Å². The Kier molecular flexibility index (Phi) is 8.94. The molecule has 0 radical (unpaired) electrons. The third-order valence-electron chi connectivity index (χ3n) is 14.1. The van der Waals surface area contributed by atoms with Gasteiger partial charge in [0, 0.05) is 22.8 Å². The zero-order valence-corrected chi connectivity index (χ0v) is 37.3. The highest BCUT2D eigenvalue weighted by Gasteiger charge is 2.48. The zero-order valence-electron chi connectivity index (χ0n) is 36.3. The second kappa shape index (κ2) is 15.4. The highest BCUT2D eigenvalue weighted by Crippen LogP contribution is 2.39. The summed E-state index contributed by atoms with van der Waals surface area (Å²) >= 11 is 0. The maximum atomic E-state index is 2.52. The first-order chi connectivity index (χ1) is 32.7. The Labute approximate surface area is 386 Å². The molecule has 1 aliphatic heterocycles. The van der Waals surface area contributed by atoms with E-state index in [9.17, 15) is 0 Å². The lowest BCUT2D eigenvalue weighted by molar-refractivity contribution is 1.13. The predicted molar refractivity (Wildman–Crippen MR) is 283 cm³/mol. The molecule has 0 saturated carbocycles. The fourth-order valence-electron chi connectivity index (χ4n) is 11.1. The maximum Gasteiger partial charge on any atom is 0.180 e. The molecule has 0 aliphatic carbocycles. The van der Waals surface area contributed by atoms with E-state index in [1.165, 1.54) is 115 Å². The van der Waals surface area contributed by atoms with Crippen molar-refractivity contribution in [1.82, 2.24) is 4.57 Å². The van der Waals surface area contributed by atoms with Crippen LogP contribution in [0.4, 0.5) is 0 Å². The van der Waals surface area contributed by atoms with Gasteiger partial charge in [-0.15, -0.1) is 0 Å². The molecule has 11 aromatic carbocycles. The van der Waals surface area contributed by atoms with Gasteiger partial charge >= 0.3 is 0 Å². The SMILES string of the molecule is c1ccc([Si]2(c3ccccc3)c3ccccc3-c3ccc(-n4cc(-c5ccc(-c6cccc7ccccc67)cc5)c5cc(-c6ccc(-c7cccc8ccccc78)cc6)ccc54)cc32)cc1. The predicted octanol–water partition coefficient (Wildman–Crippen LogP) is 14.0. The summed E-state index contributed by atoms with van der Waals surface area (Å²) in [4.78, 5) is 0. The van der Waals surface area contributed by atoms with Crippen LogP contribution in [-0.2, 0) is 0 Å². The largest absolute Gasteiger partial charge is 0.316 e. The fourth-order valence-corrected chi connectivity index (χ4v) is 16.3. The van der Waals surface area contributed by atoms with Crippen LogP contribution in [0.1, 0.15) is 0 Å². The van der Waals surface area contributed by atoms with E-state index in [0.717, 1.165) is 0 Å². The van der Waals surface area contributed by atoms with Gasteiger partial charge in [-0.2, -0.15) is 0 Å². The zero-order chi connectivity index (χ0) is 43.6. The molecule has 1 nitrogen and oxygen atoms in total. The molecule has 0 N–H and O–H groups in total. The molecule has 12 aromatic rings. The standard InChI is InChI=1S/C64H43NSi/c1-3-19-52(20-4-1)66(53-21-5-2-6-22-53)63-28-12-11-25-58(63)59-39-38-51(42-64(59)66)65-43-61(49-35-33-48(34-36-49)57-27-14-18-46-16-8-10-24-55(46)57)60-41-50(37-40-62(60)65)44-29-31-47(32-30-44)56-26-13-17-45-15-7-9-23-54(45)56/h1-43H. The van der Waals surface area contributed by atoms with Gasteiger partial charge < -0.3 is 4.57 Å². The van der Waals surface area contributed by atoms with Gasteiger partial charge in [0.1, 0.15) is 0 Å². The lowest BCUT2D eigenvalue weighted by Crippen LogP contribution is -2.72. The van der Waals surface area contributed by atoms with Crippen LogP contribution in [0.2, 0.25) is 0 Å². The molecule has 308 valence electrons. The molecular formula is C64H43NSi. The fraction of sp³-hybridized carbons (Fsp3) is 0. The van der Waals surface area contributed by atoms with Gasteiger partial charge in [-0.05, 0) is 117 Å². The van der Waals surface area contributed by atoms with Crippen LogP contribution in [0.3, 0.4) is 0 Å². The van der Waals surface area contributed by atoms with Crippen molar-refractivity contribution in [2.45, 2.75) is 0 Å². The molecular weight excluding hydrogens is 811 g/mol. The van der Waals surface area contributed by atoms with Crippen molar-refractivity contribution in [3.8, 4) is 61.3 Å². The van der Waals surface area contributed by atoms with Crippen molar-refractivity contribution in [1.29, 1.82) is 0 Å². The van der Waals surface area contributed by atoms with Crippen molar-refractivity contribution < 1.29 is 0 Å². The molecule has 0 atom stereocenters. The van der Waals surface area contributed by atoms with Crippen LogP contribution in [0, 0.1) is 0 Å². The number of fused-ring (bicyclic) bond motifs is 6. The Bertz CT molecular complexity index is 3740. The summed E-state index contributed by atoms with van der Waals surface area (Å²) in [5.74, 6) is 0. The van der Waals surface area contributed by atoms with Gasteiger partial charge in [0.15, 0.2) is 8.07 Å².